The number of hydrogen-bond acceptors (Lipinski definition) is 3. The van der Waals surface area contributed by atoms with Gasteiger partial charge in [-0.2, -0.15) is 0 Å². The second-order valence-corrected chi connectivity index (χ2v) is 11.7. The van der Waals surface area contributed by atoms with Crippen molar-refractivity contribution in [3.05, 3.63) is 82.4 Å². The van der Waals surface area contributed by atoms with E-state index in [-0.39, 0.29) is 17.2 Å². The molecule has 0 aliphatic heterocycles. The van der Waals surface area contributed by atoms with Crippen LogP contribution in [0.1, 0.15) is 97.6 Å². The molecule has 194 valence electrons. The zero-order valence-electron chi connectivity index (χ0n) is 21.8. The molecule has 3 nitrogen and oxygen atoms in total. The highest BCUT2D eigenvalue weighted by atomic mass is 19.1. The summed E-state index contributed by atoms with van der Waals surface area (Å²) in [4.78, 5) is 7.23. The van der Waals surface area contributed by atoms with Crippen LogP contribution in [-0.4, -0.2) is 24.2 Å². The van der Waals surface area contributed by atoms with Gasteiger partial charge in [-0.05, 0) is 84.9 Å². The average Bonchev–Trinajstić information content (AvgIpc) is 3.42. The van der Waals surface area contributed by atoms with Crippen molar-refractivity contribution >= 4 is 5.69 Å². The SMILES string of the molecule is CN(C)c1ccc(C(F)c2c(C3CCCC3)nc3c(c2-c2ccc(F)cc2)C(O)CC2(CCC2)C3)cc1. The largest absolute Gasteiger partial charge is 0.388 e. The summed E-state index contributed by atoms with van der Waals surface area (Å²) in [6, 6.07) is 13.9. The Labute approximate surface area is 218 Å². The first-order valence-corrected chi connectivity index (χ1v) is 13.8. The third kappa shape index (κ3) is 4.35. The van der Waals surface area contributed by atoms with Crippen LogP contribution in [0.5, 0.6) is 0 Å². The van der Waals surface area contributed by atoms with Crippen LogP contribution in [0.3, 0.4) is 0 Å². The zero-order chi connectivity index (χ0) is 25.7. The van der Waals surface area contributed by atoms with E-state index in [1.165, 1.54) is 18.6 Å². The first kappa shape index (κ1) is 24.5. The molecule has 1 aromatic heterocycles. The molecule has 2 saturated carbocycles. The number of fused-ring (bicyclic) bond motifs is 1. The Morgan fingerprint density at radius 1 is 0.973 bits per heavy atom. The fourth-order valence-corrected chi connectivity index (χ4v) is 6.98. The van der Waals surface area contributed by atoms with Gasteiger partial charge >= 0.3 is 0 Å². The maximum atomic E-state index is 16.9. The lowest BCUT2D eigenvalue weighted by Gasteiger charge is -2.47. The van der Waals surface area contributed by atoms with Crippen LogP contribution in [0, 0.1) is 11.2 Å². The topological polar surface area (TPSA) is 36.4 Å². The Morgan fingerprint density at radius 3 is 2.24 bits per heavy atom. The number of halogens is 2. The summed E-state index contributed by atoms with van der Waals surface area (Å²) in [5.41, 5.74) is 6.30. The van der Waals surface area contributed by atoms with Crippen LogP contribution < -0.4 is 4.90 Å². The first-order chi connectivity index (χ1) is 17.8. The Morgan fingerprint density at radius 2 is 1.65 bits per heavy atom. The molecular formula is C32H36F2N2O. The van der Waals surface area contributed by atoms with Crippen molar-refractivity contribution in [3.8, 4) is 11.1 Å². The predicted molar refractivity (Wildman–Crippen MR) is 144 cm³/mol. The first-order valence-electron chi connectivity index (χ1n) is 13.8. The number of aromatic nitrogens is 1. The van der Waals surface area contributed by atoms with E-state index >= 15 is 4.39 Å². The number of hydrogen-bond donors (Lipinski definition) is 1. The van der Waals surface area contributed by atoms with Gasteiger partial charge in [0.25, 0.3) is 0 Å². The monoisotopic (exact) mass is 502 g/mol. The van der Waals surface area contributed by atoms with Crippen molar-refractivity contribution in [1.29, 1.82) is 0 Å². The summed E-state index contributed by atoms with van der Waals surface area (Å²) in [6.45, 7) is 0. The third-order valence-electron chi connectivity index (χ3n) is 9.13. The predicted octanol–water partition coefficient (Wildman–Crippen LogP) is 7.82. The van der Waals surface area contributed by atoms with Gasteiger partial charge in [-0.15, -0.1) is 0 Å². The minimum atomic E-state index is -1.39. The molecule has 0 amide bonds. The van der Waals surface area contributed by atoms with Gasteiger partial charge in [-0.25, -0.2) is 8.78 Å². The molecule has 2 atom stereocenters. The van der Waals surface area contributed by atoms with Crippen LogP contribution in [0.15, 0.2) is 48.5 Å². The molecular weight excluding hydrogens is 466 g/mol. The van der Waals surface area contributed by atoms with E-state index in [4.69, 9.17) is 4.98 Å². The lowest BCUT2D eigenvalue weighted by molar-refractivity contribution is 0.0246. The minimum Gasteiger partial charge on any atom is -0.388 e. The van der Waals surface area contributed by atoms with E-state index in [0.29, 0.717) is 17.5 Å². The van der Waals surface area contributed by atoms with Crippen LogP contribution in [-0.2, 0) is 6.42 Å². The zero-order valence-corrected chi connectivity index (χ0v) is 21.8. The van der Waals surface area contributed by atoms with Gasteiger partial charge in [0.15, 0.2) is 6.17 Å². The number of aliphatic hydroxyl groups is 1. The second kappa shape index (κ2) is 9.50. The van der Waals surface area contributed by atoms with Crippen LogP contribution in [0.25, 0.3) is 11.1 Å². The van der Waals surface area contributed by atoms with Gasteiger partial charge < -0.3 is 10.0 Å². The molecule has 1 spiro atoms. The van der Waals surface area contributed by atoms with E-state index < -0.39 is 12.3 Å². The van der Waals surface area contributed by atoms with E-state index in [2.05, 4.69) is 0 Å². The molecule has 2 aromatic carbocycles. The molecule has 0 radical (unpaired) electrons. The summed E-state index contributed by atoms with van der Waals surface area (Å²) in [5.74, 6) is -0.121. The Balaban J connectivity index is 1.59. The number of alkyl halides is 1. The van der Waals surface area contributed by atoms with Crippen molar-refractivity contribution < 1.29 is 13.9 Å². The summed E-state index contributed by atoms with van der Waals surface area (Å²) < 4.78 is 30.8. The van der Waals surface area contributed by atoms with Crippen LogP contribution >= 0.6 is 0 Å². The molecule has 3 aliphatic rings. The lowest BCUT2D eigenvalue weighted by Crippen LogP contribution is -2.38. The summed E-state index contributed by atoms with van der Waals surface area (Å²) in [5, 5.41) is 11.5. The fourth-order valence-electron chi connectivity index (χ4n) is 6.98. The molecule has 37 heavy (non-hydrogen) atoms. The molecule has 2 unspecified atom stereocenters. The standard InChI is InChI=1S/C32H36F2N2O/c1-36(2)24-14-10-21(11-15-24)30(34)29-27(20-8-12-23(33)13-9-20)28-25(35-31(29)22-6-3-4-7-22)18-32(16-5-17-32)19-26(28)37/h8-15,22,26,30,37H,3-7,16-19H2,1-2H3. The molecule has 0 saturated heterocycles. The average molecular weight is 503 g/mol. The maximum Gasteiger partial charge on any atom is 0.153 e. The summed E-state index contributed by atoms with van der Waals surface area (Å²) in [7, 11) is 3.94. The number of pyridine rings is 1. The van der Waals surface area contributed by atoms with E-state index in [0.717, 1.165) is 78.7 Å². The number of aliphatic hydroxyl groups excluding tert-OH is 1. The highest BCUT2D eigenvalue weighted by Gasteiger charge is 2.46. The maximum absolute atomic E-state index is 16.9. The smallest absolute Gasteiger partial charge is 0.153 e. The van der Waals surface area contributed by atoms with Crippen molar-refractivity contribution in [2.75, 3.05) is 19.0 Å². The summed E-state index contributed by atoms with van der Waals surface area (Å²) in [6.07, 6.45) is 7.09. The minimum absolute atomic E-state index is 0.116. The highest BCUT2D eigenvalue weighted by Crippen LogP contribution is 2.56. The van der Waals surface area contributed by atoms with Crippen molar-refractivity contribution in [2.45, 2.75) is 76.0 Å². The Bertz CT molecular complexity index is 1280. The number of benzene rings is 2. The quantitative estimate of drug-likeness (QED) is 0.386. The van der Waals surface area contributed by atoms with E-state index in [1.54, 1.807) is 12.1 Å². The summed E-state index contributed by atoms with van der Waals surface area (Å²) >= 11 is 0. The highest BCUT2D eigenvalue weighted by molar-refractivity contribution is 5.75. The molecule has 3 aromatic rings. The van der Waals surface area contributed by atoms with Gasteiger partial charge in [0.05, 0.1) is 11.8 Å². The van der Waals surface area contributed by atoms with Gasteiger partial charge in [0.2, 0.25) is 0 Å². The van der Waals surface area contributed by atoms with E-state index in [1.807, 2.05) is 43.3 Å². The fraction of sp³-hybridized carbons (Fsp3) is 0.469. The Hall–Kier alpha value is -2.79. The molecule has 1 N–H and O–H groups in total. The van der Waals surface area contributed by atoms with Gasteiger partial charge in [0, 0.05) is 42.5 Å². The molecule has 5 heteroatoms. The van der Waals surface area contributed by atoms with Gasteiger partial charge in [0.1, 0.15) is 5.82 Å². The lowest BCUT2D eigenvalue weighted by atomic mass is 9.59. The molecule has 2 fully saturated rings. The molecule has 0 bridgehead atoms. The van der Waals surface area contributed by atoms with E-state index in [9.17, 15) is 9.50 Å². The van der Waals surface area contributed by atoms with Crippen molar-refractivity contribution in [3.63, 3.8) is 0 Å². The van der Waals surface area contributed by atoms with Crippen molar-refractivity contribution in [2.24, 2.45) is 5.41 Å². The van der Waals surface area contributed by atoms with Gasteiger partial charge in [-0.1, -0.05) is 43.5 Å². The number of rotatable bonds is 5. The number of nitrogens with zero attached hydrogens (tertiary/aromatic N) is 2. The second-order valence-electron chi connectivity index (χ2n) is 11.7. The van der Waals surface area contributed by atoms with Crippen LogP contribution in [0.4, 0.5) is 14.5 Å². The normalized spacial score (nSPS) is 21.5. The third-order valence-corrected chi connectivity index (χ3v) is 9.13. The molecule has 3 aliphatic carbocycles. The molecule has 6 rings (SSSR count). The Kier molecular flexibility index (Phi) is 6.30. The molecule has 1 heterocycles. The van der Waals surface area contributed by atoms with Gasteiger partial charge in [-0.3, -0.25) is 4.98 Å². The van der Waals surface area contributed by atoms with Crippen LogP contribution in [0.2, 0.25) is 0 Å². The van der Waals surface area contributed by atoms with Crippen molar-refractivity contribution in [1.82, 2.24) is 4.98 Å². The number of anilines is 1.